The first-order valence-corrected chi connectivity index (χ1v) is 9.58. The molecule has 21 heavy (non-hydrogen) atoms. The minimum Gasteiger partial charge on any atom is -0.323 e. The SMILES string of the molecule is NS(=O)(=O)c1cc(Cl)c(NC(=O)C2CCCCS2)c(Cl)c1. The van der Waals surface area contributed by atoms with Gasteiger partial charge < -0.3 is 5.32 Å². The molecule has 116 valence electrons. The van der Waals surface area contributed by atoms with Crippen LogP contribution in [0.4, 0.5) is 5.69 Å². The van der Waals surface area contributed by atoms with Crippen LogP contribution in [0, 0.1) is 0 Å². The Hall–Kier alpha value is -0.470. The predicted molar refractivity (Wildman–Crippen MR) is 86.6 cm³/mol. The van der Waals surface area contributed by atoms with Gasteiger partial charge in [0.25, 0.3) is 0 Å². The molecule has 3 N–H and O–H groups in total. The van der Waals surface area contributed by atoms with Crippen LogP contribution in [-0.2, 0) is 14.8 Å². The van der Waals surface area contributed by atoms with E-state index >= 15 is 0 Å². The molecule has 0 aromatic heterocycles. The lowest BCUT2D eigenvalue weighted by Crippen LogP contribution is -2.27. The Morgan fingerprint density at radius 3 is 2.38 bits per heavy atom. The van der Waals surface area contributed by atoms with E-state index in [1.54, 1.807) is 11.8 Å². The standard InChI is InChI=1S/C12H14Cl2N2O3S2/c13-8-5-7(21(15,18)19)6-9(14)11(8)16-12(17)10-3-1-2-4-20-10/h5-6,10H,1-4H2,(H,16,17)(H2,15,18,19). The number of anilines is 1. The van der Waals surface area contributed by atoms with Gasteiger partial charge in [-0.05, 0) is 30.7 Å². The van der Waals surface area contributed by atoms with E-state index in [9.17, 15) is 13.2 Å². The zero-order valence-electron chi connectivity index (χ0n) is 10.9. The third-order valence-electron chi connectivity index (χ3n) is 3.06. The molecule has 0 aliphatic carbocycles. The van der Waals surface area contributed by atoms with E-state index < -0.39 is 10.0 Å². The van der Waals surface area contributed by atoms with Crippen LogP contribution in [0.15, 0.2) is 17.0 Å². The van der Waals surface area contributed by atoms with E-state index in [0.29, 0.717) is 0 Å². The quantitative estimate of drug-likeness (QED) is 0.857. The number of nitrogens with two attached hydrogens (primary N) is 1. The number of amides is 1. The Labute approximate surface area is 137 Å². The molecule has 1 aromatic carbocycles. The second-order valence-electron chi connectivity index (χ2n) is 4.65. The number of hydrogen-bond donors (Lipinski definition) is 2. The van der Waals surface area contributed by atoms with Crippen molar-refractivity contribution >= 4 is 56.6 Å². The number of carbonyl (C=O) groups is 1. The third-order valence-corrected chi connectivity index (χ3v) is 5.93. The fraction of sp³-hybridized carbons (Fsp3) is 0.417. The van der Waals surface area contributed by atoms with Crippen LogP contribution in [0.2, 0.25) is 10.0 Å². The maximum Gasteiger partial charge on any atom is 0.238 e. The highest BCUT2D eigenvalue weighted by Crippen LogP contribution is 2.34. The van der Waals surface area contributed by atoms with Gasteiger partial charge in [-0.15, -0.1) is 11.8 Å². The van der Waals surface area contributed by atoms with Crippen molar-refractivity contribution in [2.75, 3.05) is 11.1 Å². The first kappa shape index (κ1) is 16.9. The summed E-state index contributed by atoms with van der Waals surface area (Å²) >= 11 is 13.6. The number of hydrogen-bond acceptors (Lipinski definition) is 4. The van der Waals surface area contributed by atoms with Crippen molar-refractivity contribution < 1.29 is 13.2 Å². The number of primary sulfonamides is 1. The molecule has 2 rings (SSSR count). The Bertz CT molecular complexity index is 635. The normalized spacial score (nSPS) is 19.3. The van der Waals surface area contributed by atoms with Gasteiger partial charge in [0.1, 0.15) is 0 Å². The molecule has 1 aliphatic rings. The highest BCUT2D eigenvalue weighted by Gasteiger charge is 2.24. The Balaban J connectivity index is 2.22. The maximum absolute atomic E-state index is 12.2. The fourth-order valence-corrected chi connectivity index (χ4v) is 4.46. The summed E-state index contributed by atoms with van der Waals surface area (Å²) in [5.74, 6) is 0.774. The molecule has 0 bridgehead atoms. The molecule has 0 spiro atoms. The number of nitrogens with one attached hydrogen (secondary N) is 1. The monoisotopic (exact) mass is 368 g/mol. The van der Waals surface area contributed by atoms with E-state index in [4.69, 9.17) is 28.3 Å². The molecule has 0 radical (unpaired) electrons. The molecule has 1 aromatic rings. The summed E-state index contributed by atoms with van der Waals surface area (Å²) < 4.78 is 22.6. The van der Waals surface area contributed by atoms with E-state index in [-0.39, 0.29) is 31.8 Å². The summed E-state index contributed by atoms with van der Waals surface area (Å²) in [6.45, 7) is 0. The van der Waals surface area contributed by atoms with Crippen molar-refractivity contribution in [2.24, 2.45) is 5.14 Å². The van der Waals surface area contributed by atoms with Gasteiger partial charge in [0.2, 0.25) is 15.9 Å². The Morgan fingerprint density at radius 1 is 1.29 bits per heavy atom. The van der Waals surface area contributed by atoms with Crippen molar-refractivity contribution in [3.05, 3.63) is 22.2 Å². The summed E-state index contributed by atoms with van der Waals surface area (Å²) in [6.07, 6.45) is 2.93. The van der Waals surface area contributed by atoms with Crippen molar-refractivity contribution in [1.29, 1.82) is 0 Å². The molecule has 5 nitrogen and oxygen atoms in total. The largest absolute Gasteiger partial charge is 0.323 e. The molecule has 1 saturated heterocycles. The lowest BCUT2D eigenvalue weighted by molar-refractivity contribution is -0.115. The number of sulfonamides is 1. The first-order valence-electron chi connectivity index (χ1n) is 6.23. The fourth-order valence-electron chi connectivity index (χ4n) is 1.98. The van der Waals surface area contributed by atoms with Gasteiger partial charge in [0, 0.05) is 0 Å². The third kappa shape index (κ3) is 4.26. The summed E-state index contributed by atoms with van der Waals surface area (Å²) in [5.41, 5.74) is 0.210. The molecular weight excluding hydrogens is 355 g/mol. The van der Waals surface area contributed by atoms with Crippen molar-refractivity contribution in [1.82, 2.24) is 0 Å². The van der Waals surface area contributed by atoms with E-state index in [1.807, 2.05) is 0 Å². The number of halogens is 2. The molecule has 9 heteroatoms. The average molecular weight is 369 g/mol. The zero-order valence-corrected chi connectivity index (χ0v) is 14.1. The van der Waals surface area contributed by atoms with Gasteiger partial charge in [-0.3, -0.25) is 4.79 Å². The highest BCUT2D eigenvalue weighted by atomic mass is 35.5. The minimum absolute atomic E-state index is 0.0423. The minimum atomic E-state index is -3.90. The van der Waals surface area contributed by atoms with Gasteiger partial charge in [-0.2, -0.15) is 0 Å². The van der Waals surface area contributed by atoms with Gasteiger partial charge in [0.15, 0.2) is 0 Å². The lowest BCUT2D eigenvalue weighted by Gasteiger charge is -2.21. The average Bonchev–Trinajstić information content (AvgIpc) is 2.42. The molecule has 0 saturated carbocycles. The topological polar surface area (TPSA) is 89.3 Å². The van der Waals surface area contributed by atoms with Crippen LogP contribution in [0.25, 0.3) is 0 Å². The smallest absolute Gasteiger partial charge is 0.238 e. The van der Waals surface area contributed by atoms with Gasteiger partial charge in [-0.1, -0.05) is 29.6 Å². The lowest BCUT2D eigenvalue weighted by atomic mass is 10.2. The first-order chi connectivity index (χ1) is 9.79. The summed E-state index contributed by atoms with van der Waals surface area (Å²) in [5, 5.41) is 7.64. The van der Waals surface area contributed by atoms with Crippen LogP contribution in [0.1, 0.15) is 19.3 Å². The summed E-state index contributed by atoms with van der Waals surface area (Å²) in [6, 6.07) is 2.35. The van der Waals surface area contributed by atoms with E-state index in [2.05, 4.69) is 5.32 Å². The Morgan fingerprint density at radius 2 is 1.90 bits per heavy atom. The molecular formula is C12H14Cl2N2O3S2. The molecule has 1 fully saturated rings. The maximum atomic E-state index is 12.2. The highest BCUT2D eigenvalue weighted by molar-refractivity contribution is 8.00. The molecule has 1 amide bonds. The van der Waals surface area contributed by atoms with E-state index in [0.717, 1.165) is 25.0 Å². The van der Waals surface area contributed by atoms with Crippen LogP contribution < -0.4 is 10.5 Å². The van der Waals surface area contributed by atoms with E-state index in [1.165, 1.54) is 12.1 Å². The predicted octanol–water partition coefficient (Wildman–Crippen LogP) is 2.87. The van der Waals surface area contributed by atoms with Gasteiger partial charge in [0.05, 0.1) is 25.9 Å². The van der Waals surface area contributed by atoms with Crippen molar-refractivity contribution in [3.8, 4) is 0 Å². The van der Waals surface area contributed by atoms with Crippen molar-refractivity contribution in [3.63, 3.8) is 0 Å². The van der Waals surface area contributed by atoms with Gasteiger partial charge >= 0.3 is 0 Å². The summed E-state index contributed by atoms with van der Waals surface area (Å²) in [7, 11) is -3.90. The Kier molecular flexibility index (Phi) is 5.43. The molecule has 1 heterocycles. The number of carbonyl (C=O) groups excluding carboxylic acids is 1. The van der Waals surface area contributed by atoms with Crippen LogP contribution in [0.5, 0.6) is 0 Å². The number of rotatable bonds is 3. The van der Waals surface area contributed by atoms with Crippen LogP contribution in [-0.4, -0.2) is 25.3 Å². The molecule has 1 unspecified atom stereocenters. The van der Waals surface area contributed by atoms with Crippen molar-refractivity contribution in [2.45, 2.75) is 29.4 Å². The second-order valence-corrected chi connectivity index (χ2v) is 8.34. The molecule has 1 atom stereocenters. The molecule has 1 aliphatic heterocycles. The summed E-state index contributed by atoms with van der Waals surface area (Å²) in [4.78, 5) is 12.0. The number of benzene rings is 1. The van der Waals surface area contributed by atoms with Crippen LogP contribution >= 0.6 is 35.0 Å². The number of thioether (sulfide) groups is 1. The second kappa shape index (κ2) is 6.75. The van der Waals surface area contributed by atoms with Gasteiger partial charge in [-0.25, -0.2) is 13.6 Å². The van der Waals surface area contributed by atoms with Crippen LogP contribution in [0.3, 0.4) is 0 Å². The zero-order chi connectivity index (χ0) is 15.6.